The van der Waals surface area contributed by atoms with E-state index in [4.69, 9.17) is 14.2 Å². The van der Waals surface area contributed by atoms with Gasteiger partial charge in [-0.1, -0.05) is 42.5 Å². The first-order chi connectivity index (χ1) is 13.1. The first kappa shape index (κ1) is 18.8. The molecule has 2 atom stereocenters. The first-order valence-electron chi connectivity index (χ1n) is 9.00. The normalized spacial score (nSPS) is 16.3. The summed E-state index contributed by atoms with van der Waals surface area (Å²) in [6.07, 6.45) is 0.803. The van der Waals surface area contributed by atoms with Crippen LogP contribution in [0, 0.1) is 0 Å². The number of nitrogens with one attached hydrogen (secondary N) is 1. The summed E-state index contributed by atoms with van der Waals surface area (Å²) in [6.45, 7) is 1.65. The number of carbonyl (C=O) groups is 2. The highest BCUT2D eigenvalue weighted by Gasteiger charge is 2.29. The lowest BCUT2D eigenvalue weighted by molar-refractivity contribution is -0.157. The van der Waals surface area contributed by atoms with Crippen LogP contribution in [0.5, 0.6) is 11.5 Å². The zero-order chi connectivity index (χ0) is 19.1. The zero-order valence-corrected chi connectivity index (χ0v) is 15.2. The molecule has 0 bridgehead atoms. The molecule has 0 aliphatic carbocycles. The van der Waals surface area contributed by atoms with Gasteiger partial charge in [0.2, 0.25) is 6.10 Å². The van der Waals surface area contributed by atoms with Crippen LogP contribution in [0.3, 0.4) is 0 Å². The van der Waals surface area contributed by atoms with E-state index in [1.54, 1.807) is 18.2 Å². The summed E-state index contributed by atoms with van der Waals surface area (Å²) in [4.78, 5) is 24.1. The van der Waals surface area contributed by atoms with Crippen molar-refractivity contribution >= 4 is 11.9 Å². The number of benzene rings is 2. The van der Waals surface area contributed by atoms with Crippen molar-refractivity contribution in [2.75, 3.05) is 13.2 Å². The Hall–Kier alpha value is -3.02. The van der Waals surface area contributed by atoms with Crippen LogP contribution in [0.1, 0.15) is 18.9 Å². The Balaban J connectivity index is 1.38. The first-order valence-corrected chi connectivity index (χ1v) is 9.00. The van der Waals surface area contributed by atoms with Gasteiger partial charge in [0.05, 0.1) is 0 Å². The number of hydrogen-bond donors (Lipinski definition) is 1. The van der Waals surface area contributed by atoms with Crippen LogP contribution in [0.25, 0.3) is 0 Å². The predicted molar refractivity (Wildman–Crippen MR) is 99.7 cm³/mol. The molecule has 1 heterocycles. The van der Waals surface area contributed by atoms with Crippen LogP contribution < -0.4 is 14.8 Å². The summed E-state index contributed by atoms with van der Waals surface area (Å²) in [5.74, 6) is 0.133. The lowest BCUT2D eigenvalue weighted by atomic mass is 10.1. The van der Waals surface area contributed by atoms with Gasteiger partial charge in [-0.25, -0.2) is 4.79 Å². The van der Waals surface area contributed by atoms with E-state index in [2.05, 4.69) is 17.4 Å². The maximum Gasteiger partial charge on any atom is 0.351 e. The number of amides is 1. The molecule has 1 N–H and O–H groups in total. The predicted octanol–water partition coefficient (Wildman–Crippen LogP) is 2.51. The van der Waals surface area contributed by atoms with Gasteiger partial charge in [0.1, 0.15) is 6.61 Å². The van der Waals surface area contributed by atoms with E-state index in [0.717, 1.165) is 12.8 Å². The highest BCUT2D eigenvalue weighted by molar-refractivity contribution is 5.82. The van der Waals surface area contributed by atoms with Crippen molar-refractivity contribution < 1.29 is 23.8 Å². The zero-order valence-electron chi connectivity index (χ0n) is 15.2. The number of fused-ring (bicyclic) bond motifs is 1. The molecule has 0 radical (unpaired) electrons. The third-order valence-corrected chi connectivity index (χ3v) is 4.23. The largest absolute Gasteiger partial charge is 0.485 e. The smallest absolute Gasteiger partial charge is 0.351 e. The molecule has 0 unspecified atom stereocenters. The maximum atomic E-state index is 12.1. The Bertz CT molecular complexity index is 777. The van der Waals surface area contributed by atoms with Crippen LogP contribution >= 0.6 is 0 Å². The summed E-state index contributed by atoms with van der Waals surface area (Å²) in [6, 6.07) is 17.2. The monoisotopic (exact) mass is 369 g/mol. The van der Waals surface area contributed by atoms with Crippen LogP contribution in [0.4, 0.5) is 0 Å². The second-order valence-electron chi connectivity index (χ2n) is 6.46. The fourth-order valence-electron chi connectivity index (χ4n) is 2.78. The molecule has 0 spiro atoms. The fraction of sp³-hybridized carbons (Fsp3) is 0.333. The van der Waals surface area contributed by atoms with Crippen molar-refractivity contribution in [3.8, 4) is 11.5 Å². The van der Waals surface area contributed by atoms with Gasteiger partial charge >= 0.3 is 5.97 Å². The molecule has 6 nitrogen and oxygen atoms in total. The van der Waals surface area contributed by atoms with Crippen LogP contribution in [0.15, 0.2) is 54.6 Å². The third kappa shape index (κ3) is 5.48. The van der Waals surface area contributed by atoms with Crippen molar-refractivity contribution in [2.45, 2.75) is 31.9 Å². The van der Waals surface area contributed by atoms with Gasteiger partial charge < -0.3 is 19.5 Å². The average Bonchev–Trinajstić information content (AvgIpc) is 2.71. The number of hydrogen-bond acceptors (Lipinski definition) is 5. The molecule has 27 heavy (non-hydrogen) atoms. The van der Waals surface area contributed by atoms with Gasteiger partial charge in [-0.15, -0.1) is 0 Å². The van der Waals surface area contributed by atoms with Gasteiger partial charge in [0.25, 0.3) is 5.91 Å². The van der Waals surface area contributed by atoms with Crippen molar-refractivity contribution in [2.24, 2.45) is 0 Å². The van der Waals surface area contributed by atoms with E-state index in [-0.39, 0.29) is 25.2 Å². The minimum Gasteiger partial charge on any atom is -0.485 e. The summed E-state index contributed by atoms with van der Waals surface area (Å²) in [5, 5.41) is 2.84. The van der Waals surface area contributed by atoms with Crippen LogP contribution in [-0.4, -0.2) is 37.2 Å². The molecule has 0 aromatic heterocycles. The van der Waals surface area contributed by atoms with Crippen molar-refractivity contribution in [1.82, 2.24) is 5.32 Å². The lowest BCUT2D eigenvalue weighted by Crippen LogP contribution is -2.41. The molecule has 0 saturated carbocycles. The summed E-state index contributed by atoms with van der Waals surface area (Å²) in [7, 11) is 0. The molecular weight excluding hydrogens is 346 g/mol. The summed E-state index contributed by atoms with van der Waals surface area (Å²) < 4.78 is 16.1. The topological polar surface area (TPSA) is 73.9 Å². The molecule has 0 fully saturated rings. The van der Waals surface area contributed by atoms with Crippen molar-refractivity contribution in [1.29, 1.82) is 0 Å². The van der Waals surface area contributed by atoms with Gasteiger partial charge in [0, 0.05) is 6.04 Å². The maximum absolute atomic E-state index is 12.1. The molecular formula is C21H23NO5. The molecule has 1 amide bonds. The molecule has 1 aliphatic heterocycles. The highest BCUT2D eigenvalue weighted by atomic mass is 16.6. The Morgan fingerprint density at radius 2 is 1.81 bits per heavy atom. The summed E-state index contributed by atoms with van der Waals surface area (Å²) in [5.41, 5.74) is 1.22. The Labute approximate surface area is 158 Å². The van der Waals surface area contributed by atoms with E-state index in [0.29, 0.717) is 11.5 Å². The number of carbonyl (C=O) groups excluding carboxylic acids is 2. The lowest BCUT2D eigenvalue weighted by Gasteiger charge is -2.24. The molecule has 0 saturated heterocycles. The number of rotatable bonds is 7. The molecule has 1 aliphatic rings. The number of ether oxygens (including phenoxy) is 3. The summed E-state index contributed by atoms with van der Waals surface area (Å²) >= 11 is 0. The number of esters is 1. The third-order valence-electron chi connectivity index (χ3n) is 4.23. The van der Waals surface area contributed by atoms with Gasteiger partial charge in [-0.3, -0.25) is 4.79 Å². The minimum absolute atomic E-state index is 0.0162. The Morgan fingerprint density at radius 1 is 1.11 bits per heavy atom. The molecule has 2 aromatic rings. The average molecular weight is 369 g/mol. The van der Waals surface area contributed by atoms with E-state index < -0.39 is 12.1 Å². The van der Waals surface area contributed by atoms with Gasteiger partial charge in [0.15, 0.2) is 18.1 Å². The quantitative estimate of drug-likeness (QED) is 0.759. The second-order valence-corrected chi connectivity index (χ2v) is 6.46. The van der Waals surface area contributed by atoms with E-state index >= 15 is 0 Å². The highest BCUT2D eigenvalue weighted by Crippen LogP contribution is 2.31. The van der Waals surface area contributed by atoms with Crippen molar-refractivity contribution in [3.05, 3.63) is 60.2 Å². The standard InChI is InChI=1S/C21H23NO5/c1-15(11-12-16-7-3-2-4-8-16)22-20(23)14-26-21(24)19-13-25-17-9-5-6-10-18(17)27-19/h2-10,15,19H,11-14H2,1H3,(H,22,23)/t15-,19+/m0/s1. The second kappa shape index (κ2) is 9.07. The van der Waals surface area contributed by atoms with Crippen LogP contribution in [-0.2, 0) is 20.7 Å². The van der Waals surface area contributed by atoms with E-state index in [1.165, 1.54) is 5.56 Å². The molecule has 6 heteroatoms. The number of aryl methyl sites for hydroxylation is 1. The minimum atomic E-state index is -0.872. The fourth-order valence-corrected chi connectivity index (χ4v) is 2.78. The molecule has 2 aromatic carbocycles. The van der Waals surface area contributed by atoms with E-state index in [9.17, 15) is 9.59 Å². The molecule has 142 valence electrons. The SMILES string of the molecule is C[C@@H](CCc1ccccc1)NC(=O)COC(=O)[C@H]1COc2ccccc2O1. The van der Waals surface area contributed by atoms with Crippen molar-refractivity contribution in [3.63, 3.8) is 0 Å². The van der Waals surface area contributed by atoms with Crippen LogP contribution in [0.2, 0.25) is 0 Å². The Morgan fingerprint density at radius 3 is 2.59 bits per heavy atom. The van der Waals surface area contributed by atoms with Gasteiger partial charge in [-0.2, -0.15) is 0 Å². The van der Waals surface area contributed by atoms with Gasteiger partial charge in [-0.05, 0) is 37.5 Å². The molecule has 3 rings (SSSR count). The number of para-hydroxylation sites is 2. The van der Waals surface area contributed by atoms with E-state index in [1.807, 2.05) is 31.2 Å². The Kier molecular flexibility index (Phi) is 6.30.